The molecule has 2 aromatic rings. The second kappa shape index (κ2) is 5.27. The largest absolute Gasteiger partial charge is 0.377 e. The lowest BCUT2D eigenvalue weighted by Crippen LogP contribution is -2.05. The molecule has 88 valence electrons. The lowest BCUT2D eigenvalue weighted by Gasteiger charge is -2.12. The second-order valence-corrected chi connectivity index (χ2v) is 4.81. The summed E-state index contributed by atoms with van der Waals surface area (Å²) in [7, 11) is 0. The second-order valence-electron chi connectivity index (χ2n) is 3.96. The Labute approximate surface area is 109 Å². The van der Waals surface area contributed by atoms with Gasteiger partial charge in [-0.15, -0.1) is 0 Å². The third kappa shape index (κ3) is 3.03. The molecule has 0 saturated heterocycles. The Bertz CT molecular complexity index is 488. The molecule has 0 amide bonds. The smallest absolute Gasteiger partial charge is 0.147 e. The standard InChI is InChI=1S/C13H14BrN3/c1-9-6-10(2)13(11(14)7-9)17-8-12-15-4-3-5-16-12/h3-7,17H,8H2,1-2H3. The highest BCUT2D eigenvalue weighted by Crippen LogP contribution is 2.27. The van der Waals surface area contributed by atoms with Crippen molar-refractivity contribution in [1.82, 2.24) is 9.97 Å². The van der Waals surface area contributed by atoms with Gasteiger partial charge in [0.05, 0.1) is 12.2 Å². The van der Waals surface area contributed by atoms with Crippen molar-refractivity contribution in [2.75, 3.05) is 5.32 Å². The summed E-state index contributed by atoms with van der Waals surface area (Å²) in [5.41, 5.74) is 3.56. The third-order valence-corrected chi connectivity index (χ3v) is 3.10. The van der Waals surface area contributed by atoms with Crippen molar-refractivity contribution in [3.63, 3.8) is 0 Å². The highest BCUT2D eigenvalue weighted by molar-refractivity contribution is 9.10. The number of aromatic nitrogens is 2. The molecule has 1 aromatic heterocycles. The minimum Gasteiger partial charge on any atom is -0.377 e. The topological polar surface area (TPSA) is 37.8 Å². The average molecular weight is 292 g/mol. The van der Waals surface area contributed by atoms with Crippen molar-refractivity contribution in [1.29, 1.82) is 0 Å². The number of nitrogens with zero attached hydrogens (tertiary/aromatic N) is 2. The van der Waals surface area contributed by atoms with Crippen molar-refractivity contribution in [2.24, 2.45) is 0 Å². The first-order chi connectivity index (χ1) is 8.16. The van der Waals surface area contributed by atoms with E-state index in [9.17, 15) is 0 Å². The molecule has 0 aliphatic carbocycles. The minimum atomic E-state index is 0.628. The van der Waals surface area contributed by atoms with Crippen molar-refractivity contribution in [3.8, 4) is 0 Å². The van der Waals surface area contributed by atoms with Crippen molar-refractivity contribution in [2.45, 2.75) is 20.4 Å². The van der Waals surface area contributed by atoms with Gasteiger partial charge in [-0.3, -0.25) is 0 Å². The van der Waals surface area contributed by atoms with Crippen molar-refractivity contribution < 1.29 is 0 Å². The van der Waals surface area contributed by atoms with Gasteiger partial charge in [-0.1, -0.05) is 6.07 Å². The van der Waals surface area contributed by atoms with Crippen LogP contribution in [0.1, 0.15) is 17.0 Å². The molecule has 0 radical (unpaired) electrons. The molecule has 0 aliphatic rings. The number of halogens is 1. The number of rotatable bonds is 3. The summed E-state index contributed by atoms with van der Waals surface area (Å²) in [6, 6.07) is 6.07. The Balaban J connectivity index is 2.15. The van der Waals surface area contributed by atoms with Crippen LogP contribution in [0.2, 0.25) is 0 Å². The predicted octanol–water partition coefficient (Wildman–Crippen LogP) is 3.47. The maximum Gasteiger partial charge on any atom is 0.147 e. The molecule has 0 bridgehead atoms. The fourth-order valence-corrected chi connectivity index (χ4v) is 2.54. The molecule has 1 aromatic carbocycles. The van der Waals surface area contributed by atoms with Crippen molar-refractivity contribution in [3.05, 3.63) is 52.0 Å². The summed E-state index contributed by atoms with van der Waals surface area (Å²) in [5, 5.41) is 3.35. The van der Waals surface area contributed by atoms with Crippen LogP contribution in [-0.4, -0.2) is 9.97 Å². The number of aryl methyl sites for hydroxylation is 2. The molecular weight excluding hydrogens is 278 g/mol. The Morgan fingerprint density at radius 1 is 1.18 bits per heavy atom. The molecule has 2 rings (SSSR count). The number of benzene rings is 1. The molecule has 0 fully saturated rings. The van der Waals surface area contributed by atoms with Crippen LogP contribution < -0.4 is 5.32 Å². The maximum absolute atomic E-state index is 4.18. The SMILES string of the molecule is Cc1cc(C)c(NCc2ncccn2)c(Br)c1. The Morgan fingerprint density at radius 2 is 1.88 bits per heavy atom. The molecule has 0 unspecified atom stereocenters. The first-order valence-corrected chi connectivity index (χ1v) is 6.22. The van der Waals surface area contributed by atoms with Gasteiger partial charge in [-0.05, 0) is 53.0 Å². The van der Waals surface area contributed by atoms with Gasteiger partial charge in [0, 0.05) is 16.9 Å². The molecule has 0 aliphatic heterocycles. The van der Waals surface area contributed by atoms with E-state index in [2.05, 4.69) is 57.2 Å². The zero-order valence-electron chi connectivity index (χ0n) is 9.87. The van der Waals surface area contributed by atoms with Crippen LogP contribution >= 0.6 is 15.9 Å². The molecule has 0 atom stereocenters. The van der Waals surface area contributed by atoms with Gasteiger partial charge in [0.2, 0.25) is 0 Å². The van der Waals surface area contributed by atoms with Gasteiger partial charge in [-0.25, -0.2) is 9.97 Å². The third-order valence-electron chi connectivity index (χ3n) is 2.47. The zero-order chi connectivity index (χ0) is 12.3. The van der Waals surface area contributed by atoms with E-state index in [-0.39, 0.29) is 0 Å². The summed E-state index contributed by atoms with van der Waals surface area (Å²) in [4.78, 5) is 8.36. The van der Waals surface area contributed by atoms with Crippen LogP contribution in [0.4, 0.5) is 5.69 Å². The summed E-state index contributed by atoms with van der Waals surface area (Å²) in [5.74, 6) is 0.791. The summed E-state index contributed by atoms with van der Waals surface area (Å²) in [6.07, 6.45) is 3.50. The van der Waals surface area contributed by atoms with E-state index in [4.69, 9.17) is 0 Å². The van der Waals surface area contributed by atoms with Gasteiger partial charge in [-0.2, -0.15) is 0 Å². The lowest BCUT2D eigenvalue weighted by atomic mass is 10.1. The summed E-state index contributed by atoms with van der Waals surface area (Å²) < 4.78 is 1.07. The Hall–Kier alpha value is -1.42. The van der Waals surface area contributed by atoms with Crippen LogP contribution in [0.15, 0.2) is 35.1 Å². The monoisotopic (exact) mass is 291 g/mol. The van der Waals surface area contributed by atoms with E-state index in [1.54, 1.807) is 12.4 Å². The predicted molar refractivity (Wildman–Crippen MR) is 73.0 cm³/mol. The highest BCUT2D eigenvalue weighted by Gasteiger charge is 2.05. The minimum absolute atomic E-state index is 0.628. The number of hydrogen-bond acceptors (Lipinski definition) is 3. The summed E-state index contributed by atoms with van der Waals surface area (Å²) in [6.45, 7) is 4.80. The van der Waals surface area contributed by atoms with Gasteiger partial charge < -0.3 is 5.32 Å². The van der Waals surface area contributed by atoms with Gasteiger partial charge >= 0.3 is 0 Å². The molecule has 0 spiro atoms. The lowest BCUT2D eigenvalue weighted by molar-refractivity contribution is 0.945. The molecule has 3 nitrogen and oxygen atoms in total. The molecular formula is C13H14BrN3. The van der Waals surface area contributed by atoms with Crippen LogP contribution in [0.25, 0.3) is 0 Å². The highest BCUT2D eigenvalue weighted by atomic mass is 79.9. The summed E-state index contributed by atoms with van der Waals surface area (Å²) >= 11 is 3.57. The first-order valence-electron chi connectivity index (χ1n) is 5.43. The van der Waals surface area contributed by atoms with E-state index in [0.717, 1.165) is 16.0 Å². The van der Waals surface area contributed by atoms with E-state index >= 15 is 0 Å². The number of anilines is 1. The quantitative estimate of drug-likeness (QED) is 0.941. The van der Waals surface area contributed by atoms with Crippen LogP contribution in [0, 0.1) is 13.8 Å². The maximum atomic E-state index is 4.18. The normalized spacial score (nSPS) is 10.3. The molecule has 17 heavy (non-hydrogen) atoms. The van der Waals surface area contributed by atoms with Gasteiger partial charge in [0.25, 0.3) is 0 Å². The molecule has 0 saturated carbocycles. The first kappa shape index (κ1) is 12.0. The fourth-order valence-electron chi connectivity index (χ4n) is 1.73. The van der Waals surface area contributed by atoms with Gasteiger partial charge in [0.15, 0.2) is 0 Å². The van der Waals surface area contributed by atoms with Crippen molar-refractivity contribution >= 4 is 21.6 Å². The van der Waals surface area contributed by atoms with Crippen LogP contribution in [0.5, 0.6) is 0 Å². The Morgan fingerprint density at radius 3 is 2.53 bits per heavy atom. The van der Waals surface area contributed by atoms with Gasteiger partial charge in [0.1, 0.15) is 5.82 Å². The average Bonchev–Trinajstić information content (AvgIpc) is 2.29. The molecule has 1 heterocycles. The van der Waals surface area contributed by atoms with Crippen LogP contribution in [0.3, 0.4) is 0 Å². The zero-order valence-corrected chi connectivity index (χ0v) is 11.5. The van der Waals surface area contributed by atoms with E-state index < -0.39 is 0 Å². The number of hydrogen-bond donors (Lipinski definition) is 1. The van der Waals surface area contributed by atoms with Crippen LogP contribution in [-0.2, 0) is 6.54 Å². The molecule has 4 heteroatoms. The fraction of sp³-hybridized carbons (Fsp3) is 0.231. The molecule has 1 N–H and O–H groups in total. The van der Waals surface area contributed by atoms with E-state index in [1.807, 2.05) is 6.07 Å². The Kier molecular flexibility index (Phi) is 3.74. The van der Waals surface area contributed by atoms with E-state index in [0.29, 0.717) is 6.54 Å². The van der Waals surface area contributed by atoms with E-state index in [1.165, 1.54) is 11.1 Å². The number of nitrogens with one attached hydrogen (secondary N) is 1.